The van der Waals surface area contributed by atoms with Crippen LogP contribution in [0.15, 0.2) is 231 Å². The molecule has 0 bridgehead atoms. The summed E-state index contributed by atoms with van der Waals surface area (Å²) in [5.74, 6) is 0. The third-order valence-electron chi connectivity index (χ3n) is 16.8. The van der Waals surface area contributed by atoms with Crippen molar-refractivity contribution in [2.45, 2.75) is 5.41 Å². The topological polar surface area (TPSA) is 9.86 Å². The van der Waals surface area contributed by atoms with Crippen molar-refractivity contribution in [2.24, 2.45) is 14.1 Å². The van der Waals surface area contributed by atoms with E-state index in [1.54, 1.807) is 0 Å². The highest BCUT2D eigenvalue weighted by Crippen LogP contribution is 2.65. The molecule has 330 valence electrons. The van der Waals surface area contributed by atoms with E-state index < -0.39 is 5.41 Å². The molecule has 0 aliphatic heterocycles. The third-order valence-corrected chi connectivity index (χ3v) is 16.8. The summed E-state index contributed by atoms with van der Waals surface area (Å²) >= 11 is 0. The molecule has 2 heteroatoms. The first-order chi connectivity index (χ1) is 35.1. The van der Waals surface area contributed by atoms with Gasteiger partial charge in [0, 0.05) is 57.7 Å². The van der Waals surface area contributed by atoms with Gasteiger partial charge in [0.25, 0.3) is 0 Å². The summed E-state index contributed by atoms with van der Waals surface area (Å²) in [6.07, 6.45) is 0. The molecule has 2 aliphatic rings. The molecule has 12 aromatic carbocycles. The normalized spacial score (nSPS) is 14.7. The average Bonchev–Trinajstić information content (AvgIpc) is 4.11. The van der Waals surface area contributed by atoms with Crippen molar-refractivity contribution in [3.8, 4) is 55.6 Å². The Morgan fingerprint density at radius 1 is 0.254 bits per heavy atom. The van der Waals surface area contributed by atoms with Crippen LogP contribution in [0.1, 0.15) is 22.3 Å². The molecule has 0 fully saturated rings. The Morgan fingerprint density at radius 3 is 1.31 bits per heavy atom. The molecule has 0 amide bonds. The molecule has 0 N–H and O–H groups in total. The van der Waals surface area contributed by atoms with Gasteiger partial charge in [0.1, 0.15) is 0 Å². The van der Waals surface area contributed by atoms with Crippen LogP contribution in [-0.4, -0.2) is 9.13 Å². The fraction of sp³-hybridized carbons (Fsp3) is 0.0435. The molecule has 1 atom stereocenters. The number of aryl methyl sites for hydroxylation is 2. The van der Waals surface area contributed by atoms with Gasteiger partial charge in [-0.25, -0.2) is 0 Å². The van der Waals surface area contributed by atoms with Gasteiger partial charge in [-0.3, -0.25) is 0 Å². The average molecular weight is 901 g/mol. The lowest BCUT2D eigenvalue weighted by Gasteiger charge is -2.30. The molecule has 14 aromatic rings. The van der Waals surface area contributed by atoms with E-state index in [9.17, 15) is 0 Å². The molecule has 71 heavy (non-hydrogen) atoms. The summed E-state index contributed by atoms with van der Waals surface area (Å²) < 4.78 is 4.65. The Bertz CT molecular complexity index is 4500. The van der Waals surface area contributed by atoms with Crippen LogP contribution in [0.3, 0.4) is 0 Å². The van der Waals surface area contributed by atoms with E-state index in [2.05, 4.69) is 254 Å². The van der Waals surface area contributed by atoms with E-state index in [-0.39, 0.29) is 0 Å². The largest absolute Gasteiger partial charge is 0.344 e. The summed E-state index contributed by atoms with van der Waals surface area (Å²) in [4.78, 5) is 0. The molecule has 1 unspecified atom stereocenters. The van der Waals surface area contributed by atoms with E-state index in [1.165, 1.54) is 154 Å². The van der Waals surface area contributed by atoms with Gasteiger partial charge >= 0.3 is 0 Å². The summed E-state index contributed by atoms with van der Waals surface area (Å²) in [7, 11) is 4.37. The fourth-order valence-corrected chi connectivity index (χ4v) is 13.8. The van der Waals surface area contributed by atoms with Crippen LogP contribution < -0.4 is 0 Å². The summed E-state index contributed by atoms with van der Waals surface area (Å²) in [6, 6.07) is 87.6. The molecule has 0 radical (unpaired) electrons. The number of benzene rings is 12. The number of rotatable bonds is 3. The number of hydrogen-bond acceptors (Lipinski definition) is 0. The monoisotopic (exact) mass is 900 g/mol. The van der Waals surface area contributed by atoms with E-state index in [4.69, 9.17) is 0 Å². The van der Waals surface area contributed by atoms with Crippen LogP contribution in [0, 0.1) is 0 Å². The number of para-hydroxylation sites is 2. The zero-order valence-electron chi connectivity index (χ0n) is 39.3. The lowest BCUT2D eigenvalue weighted by atomic mass is 9.70. The Balaban J connectivity index is 1.03. The number of fused-ring (bicyclic) bond motifs is 20. The van der Waals surface area contributed by atoms with Crippen LogP contribution in [0.5, 0.6) is 0 Å². The maximum absolute atomic E-state index is 2.51. The predicted molar refractivity (Wildman–Crippen MR) is 300 cm³/mol. The Hall–Kier alpha value is -8.98. The Kier molecular flexibility index (Phi) is 7.71. The second-order valence-corrected chi connectivity index (χ2v) is 19.9. The summed E-state index contributed by atoms with van der Waals surface area (Å²) in [5, 5.41) is 12.7. The number of nitrogens with zero attached hydrogens (tertiary/aromatic N) is 2. The van der Waals surface area contributed by atoms with Gasteiger partial charge < -0.3 is 9.13 Å². The first kappa shape index (κ1) is 38.9. The van der Waals surface area contributed by atoms with E-state index in [1.807, 2.05) is 0 Å². The summed E-state index contributed by atoms with van der Waals surface area (Å²) in [6.45, 7) is 0. The highest BCUT2D eigenvalue weighted by molar-refractivity contribution is 6.22. The van der Waals surface area contributed by atoms with Gasteiger partial charge in [-0.2, -0.15) is 0 Å². The van der Waals surface area contributed by atoms with Crippen molar-refractivity contribution in [3.05, 3.63) is 253 Å². The highest BCUT2D eigenvalue weighted by atomic mass is 14.9. The quantitative estimate of drug-likeness (QED) is 0.156. The minimum atomic E-state index is -0.490. The second-order valence-electron chi connectivity index (χ2n) is 19.9. The maximum Gasteiger partial charge on any atom is 0.0725 e. The van der Waals surface area contributed by atoms with E-state index >= 15 is 0 Å². The first-order valence-electron chi connectivity index (χ1n) is 24.9. The molecular formula is C69H44N2. The SMILES string of the molecule is Cn1c2ccccc2c2cc(-c3cccc4c(-c5cccc6c5-c5ccccc5C65c6ccccc6-c6c5ccc5ccccc65)c5cccc(-c6ccc7c(c6)c6ccccc6n7C)c5cc34)ccc21. The molecule has 2 nitrogen and oxygen atoms in total. The van der Waals surface area contributed by atoms with Gasteiger partial charge in [0.15, 0.2) is 0 Å². The molecule has 16 rings (SSSR count). The van der Waals surface area contributed by atoms with Gasteiger partial charge in [-0.05, 0) is 153 Å². The standard InChI is InChI=1S/C69H44N2/c1-70-62-30-11-7-18-47(62)56-38-42(33-36-64(56)70)44-22-13-24-49-54(44)40-55-45(43-34-37-65-57(39-43)48-19-8-12-31-63(48)71(65)2)23-14-25-50(55)66(49)53-26-15-29-60-68(53)52-21-6-10-28-59(52)69(60)58-27-9-5-20-51(58)67-46-17-4-3-16-41(46)32-35-61(67)69/h3-40H,1-2H3. The molecular weight excluding hydrogens is 857 g/mol. The van der Waals surface area contributed by atoms with Gasteiger partial charge in [0.05, 0.1) is 5.41 Å². The zero-order chi connectivity index (χ0) is 46.7. The van der Waals surface area contributed by atoms with E-state index in [0.29, 0.717) is 0 Å². The first-order valence-corrected chi connectivity index (χ1v) is 24.9. The van der Waals surface area contributed by atoms with Crippen molar-refractivity contribution in [1.82, 2.24) is 9.13 Å². The smallest absolute Gasteiger partial charge is 0.0725 e. The van der Waals surface area contributed by atoms with Crippen molar-refractivity contribution in [1.29, 1.82) is 0 Å². The molecule has 1 spiro atoms. The molecule has 0 saturated heterocycles. The Morgan fingerprint density at radius 2 is 0.690 bits per heavy atom. The van der Waals surface area contributed by atoms with Gasteiger partial charge in [0.2, 0.25) is 0 Å². The summed E-state index contributed by atoms with van der Waals surface area (Å²) in [5.41, 5.74) is 22.6. The number of hydrogen-bond donors (Lipinski definition) is 0. The third kappa shape index (κ3) is 4.96. The minimum Gasteiger partial charge on any atom is -0.344 e. The van der Waals surface area contributed by atoms with Crippen LogP contribution in [0.25, 0.3) is 132 Å². The predicted octanol–water partition coefficient (Wildman–Crippen LogP) is 17.8. The van der Waals surface area contributed by atoms with Gasteiger partial charge in [-0.15, -0.1) is 0 Å². The second kappa shape index (κ2) is 14.1. The van der Waals surface area contributed by atoms with Crippen molar-refractivity contribution < 1.29 is 0 Å². The van der Waals surface area contributed by atoms with Crippen LogP contribution >= 0.6 is 0 Å². The highest BCUT2D eigenvalue weighted by Gasteiger charge is 2.52. The minimum absolute atomic E-state index is 0.490. The van der Waals surface area contributed by atoms with Crippen LogP contribution in [-0.2, 0) is 19.5 Å². The molecule has 2 heterocycles. The fourth-order valence-electron chi connectivity index (χ4n) is 13.8. The lowest BCUT2D eigenvalue weighted by Crippen LogP contribution is -2.25. The maximum atomic E-state index is 2.51. The molecule has 2 aliphatic carbocycles. The van der Waals surface area contributed by atoms with Crippen molar-refractivity contribution in [2.75, 3.05) is 0 Å². The van der Waals surface area contributed by atoms with E-state index in [0.717, 1.165) is 0 Å². The van der Waals surface area contributed by atoms with Gasteiger partial charge in [-0.1, -0.05) is 188 Å². The van der Waals surface area contributed by atoms with Crippen molar-refractivity contribution in [3.63, 3.8) is 0 Å². The Labute approximate surface area is 410 Å². The van der Waals surface area contributed by atoms with Crippen molar-refractivity contribution >= 4 is 75.9 Å². The molecule has 0 saturated carbocycles. The molecule has 2 aromatic heterocycles. The van der Waals surface area contributed by atoms with Crippen LogP contribution in [0.4, 0.5) is 0 Å². The zero-order valence-corrected chi connectivity index (χ0v) is 39.3. The lowest BCUT2D eigenvalue weighted by molar-refractivity contribution is 0.794. The number of aromatic nitrogens is 2. The van der Waals surface area contributed by atoms with Crippen LogP contribution in [0.2, 0.25) is 0 Å².